The van der Waals surface area contributed by atoms with Gasteiger partial charge in [-0.3, -0.25) is 9.89 Å². The fourth-order valence-electron chi connectivity index (χ4n) is 3.84. The molecule has 4 rings (SSSR count). The van der Waals surface area contributed by atoms with E-state index < -0.39 is 0 Å². The highest BCUT2D eigenvalue weighted by atomic mass is 16.5. The molecule has 0 saturated carbocycles. The zero-order valence-corrected chi connectivity index (χ0v) is 14.6. The van der Waals surface area contributed by atoms with E-state index in [0.29, 0.717) is 25.5 Å². The van der Waals surface area contributed by atoms with Crippen LogP contribution in [0.4, 0.5) is 0 Å². The Hall–Kier alpha value is -2.21. The summed E-state index contributed by atoms with van der Waals surface area (Å²) in [4.78, 5) is 19.5. The maximum Gasteiger partial charge on any atom is 0.230 e. The highest BCUT2D eigenvalue weighted by Gasteiger charge is 2.35. The number of amides is 1. The minimum absolute atomic E-state index is 0.0160. The number of fused-ring (bicyclic) bond motifs is 1. The first-order valence-corrected chi connectivity index (χ1v) is 9.15. The Bertz CT molecular complexity index is 757. The van der Waals surface area contributed by atoms with Crippen LogP contribution in [0, 0.1) is 0 Å². The summed E-state index contributed by atoms with van der Waals surface area (Å²) < 4.78 is 5.83. The second kappa shape index (κ2) is 6.96. The summed E-state index contributed by atoms with van der Waals surface area (Å²) in [5, 5.41) is 7.26. The van der Waals surface area contributed by atoms with Gasteiger partial charge in [-0.2, -0.15) is 5.10 Å². The van der Waals surface area contributed by atoms with E-state index in [-0.39, 0.29) is 17.9 Å². The molecular formula is C19H24N4O2. The predicted molar refractivity (Wildman–Crippen MR) is 93.2 cm³/mol. The number of morpholine rings is 1. The van der Waals surface area contributed by atoms with Crippen molar-refractivity contribution in [2.75, 3.05) is 19.7 Å². The predicted octanol–water partition coefficient (Wildman–Crippen LogP) is 2.39. The number of nitrogens with one attached hydrogen (secondary N) is 1. The van der Waals surface area contributed by atoms with E-state index in [9.17, 15) is 4.79 Å². The molecule has 2 heterocycles. The van der Waals surface area contributed by atoms with Gasteiger partial charge >= 0.3 is 0 Å². The molecule has 2 atom stereocenters. The maximum absolute atomic E-state index is 13.1. The van der Waals surface area contributed by atoms with Crippen LogP contribution in [0.2, 0.25) is 0 Å². The van der Waals surface area contributed by atoms with Gasteiger partial charge < -0.3 is 9.64 Å². The Balaban J connectivity index is 1.47. The Labute approximate surface area is 147 Å². The molecule has 1 amide bonds. The van der Waals surface area contributed by atoms with E-state index in [1.807, 2.05) is 17.0 Å². The number of ether oxygens (including phenoxy) is 1. The van der Waals surface area contributed by atoms with Gasteiger partial charge in [0.15, 0.2) is 5.82 Å². The van der Waals surface area contributed by atoms with Crippen molar-refractivity contribution < 1.29 is 9.53 Å². The van der Waals surface area contributed by atoms with Gasteiger partial charge in [-0.25, -0.2) is 4.98 Å². The van der Waals surface area contributed by atoms with Gasteiger partial charge in [0.25, 0.3) is 0 Å². The lowest BCUT2D eigenvalue weighted by atomic mass is 9.99. The van der Waals surface area contributed by atoms with E-state index in [4.69, 9.17) is 4.74 Å². The van der Waals surface area contributed by atoms with E-state index in [0.717, 1.165) is 31.5 Å². The molecule has 0 unspecified atom stereocenters. The van der Waals surface area contributed by atoms with Gasteiger partial charge in [0, 0.05) is 13.0 Å². The van der Waals surface area contributed by atoms with Crippen LogP contribution in [-0.2, 0) is 22.4 Å². The Morgan fingerprint density at radius 3 is 3.16 bits per heavy atom. The molecule has 25 heavy (non-hydrogen) atoms. The van der Waals surface area contributed by atoms with E-state index >= 15 is 0 Å². The van der Waals surface area contributed by atoms with Gasteiger partial charge in [-0.1, -0.05) is 31.2 Å². The number of nitrogens with zero attached hydrogens (tertiary/aromatic N) is 3. The first kappa shape index (κ1) is 16.3. The molecule has 1 aliphatic heterocycles. The molecule has 1 aromatic carbocycles. The Kier molecular flexibility index (Phi) is 4.53. The van der Waals surface area contributed by atoms with Crippen LogP contribution < -0.4 is 0 Å². The van der Waals surface area contributed by atoms with Crippen molar-refractivity contribution in [3.8, 4) is 0 Å². The number of H-pyrrole nitrogens is 1. The topological polar surface area (TPSA) is 71.1 Å². The third kappa shape index (κ3) is 3.18. The number of aromatic amines is 1. The van der Waals surface area contributed by atoms with Gasteiger partial charge in [0.2, 0.25) is 5.91 Å². The third-order valence-corrected chi connectivity index (χ3v) is 5.13. The average molecular weight is 340 g/mol. The molecule has 0 radical (unpaired) electrons. The summed E-state index contributed by atoms with van der Waals surface area (Å²) in [5.41, 5.74) is 2.50. The summed E-state index contributed by atoms with van der Waals surface area (Å²) in [7, 11) is 0. The smallest absolute Gasteiger partial charge is 0.230 e. The summed E-state index contributed by atoms with van der Waals surface area (Å²) in [6, 6.07) is 8.30. The summed E-state index contributed by atoms with van der Waals surface area (Å²) in [6.45, 7) is 3.81. The molecule has 1 fully saturated rings. The molecule has 0 bridgehead atoms. The van der Waals surface area contributed by atoms with E-state index in [1.165, 1.54) is 11.1 Å². The maximum atomic E-state index is 13.1. The van der Waals surface area contributed by atoms with Crippen molar-refractivity contribution >= 4 is 5.91 Å². The van der Waals surface area contributed by atoms with Crippen molar-refractivity contribution in [3.63, 3.8) is 0 Å². The number of carbonyl (C=O) groups excluding carboxylic acids is 1. The van der Waals surface area contributed by atoms with Crippen molar-refractivity contribution in [1.29, 1.82) is 0 Å². The first-order valence-electron chi connectivity index (χ1n) is 9.15. The normalized spacial score (nSPS) is 22.8. The lowest BCUT2D eigenvalue weighted by Crippen LogP contribution is -2.44. The summed E-state index contributed by atoms with van der Waals surface area (Å²) >= 11 is 0. The number of hydrogen-bond donors (Lipinski definition) is 1. The molecule has 1 N–H and O–H groups in total. The standard InChI is InChI=1S/C19H24N4O2/c1-2-5-17-20-18(22-21-17)16-12-23(10-11-25-16)19(24)15-9-8-13-6-3-4-7-14(13)15/h3-4,6-7,15-16H,2,5,8-12H2,1H3,(H,20,21,22)/t15-,16+/m1/s1. The first-order chi connectivity index (χ1) is 12.3. The van der Waals surface area contributed by atoms with Gasteiger partial charge in [-0.15, -0.1) is 0 Å². The van der Waals surface area contributed by atoms with Gasteiger partial charge in [0.05, 0.1) is 19.1 Å². The lowest BCUT2D eigenvalue weighted by molar-refractivity contribution is -0.140. The molecule has 1 saturated heterocycles. The van der Waals surface area contributed by atoms with Crippen LogP contribution in [0.25, 0.3) is 0 Å². The SMILES string of the molecule is CCCc1nc([C@@H]2CN(C(=O)[C@@H]3CCc4ccccc43)CCO2)n[nH]1. The minimum atomic E-state index is -0.240. The fourth-order valence-corrected chi connectivity index (χ4v) is 3.84. The number of benzene rings is 1. The Morgan fingerprint density at radius 2 is 2.28 bits per heavy atom. The molecule has 1 aliphatic carbocycles. The van der Waals surface area contributed by atoms with Crippen LogP contribution in [-0.4, -0.2) is 45.7 Å². The zero-order valence-electron chi connectivity index (χ0n) is 14.6. The van der Waals surface area contributed by atoms with E-state index in [2.05, 4.69) is 34.2 Å². The molecule has 1 aromatic heterocycles. The molecule has 2 aliphatic rings. The van der Waals surface area contributed by atoms with Gasteiger partial charge in [0.1, 0.15) is 11.9 Å². The fraction of sp³-hybridized carbons (Fsp3) is 0.526. The van der Waals surface area contributed by atoms with Crippen LogP contribution in [0.1, 0.15) is 54.6 Å². The van der Waals surface area contributed by atoms with Crippen LogP contribution in [0.3, 0.4) is 0 Å². The molecule has 6 heteroatoms. The highest BCUT2D eigenvalue weighted by Crippen LogP contribution is 2.35. The quantitative estimate of drug-likeness (QED) is 0.928. The highest BCUT2D eigenvalue weighted by molar-refractivity contribution is 5.85. The zero-order chi connectivity index (χ0) is 17.2. The molecule has 0 spiro atoms. The number of hydrogen-bond acceptors (Lipinski definition) is 4. The van der Waals surface area contributed by atoms with Crippen LogP contribution in [0.15, 0.2) is 24.3 Å². The average Bonchev–Trinajstić information content (AvgIpc) is 3.29. The minimum Gasteiger partial charge on any atom is -0.366 e. The number of aryl methyl sites for hydroxylation is 2. The van der Waals surface area contributed by atoms with Crippen molar-refractivity contribution in [2.24, 2.45) is 0 Å². The molecular weight excluding hydrogens is 316 g/mol. The van der Waals surface area contributed by atoms with Gasteiger partial charge in [-0.05, 0) is 30.4 Å². The number of carbonyl (C=O) groups is 1. The van der Waals surface area contributed by atoms with E-state index in [1.54, 1.807) is 0 Å². The molecule has 2 aromatic rings. The summed E-state index contributed by atoms with van der Waals surface area (Å²) in [5.74, 6) is 1.74. The second-order valence-electron chi connectivity index (χ2n) is 6.82. The molecule has 132 valence electrons. The largest absolute Gasteiger partial charge is 0.366 e. The third-order valence-electron chi connectivity index (χ3n) is 5.13. The van der Waals surface area contributed by atoms with Crippen molar-refractivity contribution in [3.05, 3.63) is 47.0 Å². The Morgan fingerprint density at radius 1 is 1.40 bits per heavy atom. The molecule has 6 nitrogen and oxygen atoms in total. The lowest BCUT2D eigenvalue weighted by Gasteiger charge is -2.33. The van der Waals surface area contributed by atoms with Crippen LogP contribution >= 0.6 is 0 Å². The number of aromatic nitrogens is 3. The second-order valence-corrected chi connectivity index (χ2v) is 6.82. The van der Waals surface area contributed by atoms with Crippen molar-refractivity contribution in [2.45, 2.75) is 44.6 Å². The number of rotatable bonds is 4. The van der Waals surface area contributed by atoms with Crippen LogP contribution in [0.5, 0.6) is 0 Å². The summed E-state index contributed by atoms with van der Waals surface area (Å²) in [6.07, 6.45) is 3.55. The monoisotopic (exact) mass is 340 g/mol. The van der Waals surface area contributed by atoms with Crippen molar-refractivity contribution in [1.82, 2.24) is 20.1 Å².